The van der Waals surface area contributed by atoms with E-state index < -0.39 is 11.6 Å². The van der Waals surface area contributed by atoms with E-state index >= 15 is 0 Å². The summed E-state index contributed by atoms with van der Waals surface area (Å²) in [7, 11) is 1.78. The maximum absolute atomic E-state index is 12.0. The van der Waals surface area contributed by atoms with E-state index in [2.05, 4.69) is 15.4 Å². The Kier molecular flexibility index (Phi) is 4.08. The summed E-state index contributed by atoms with van der Waals surface area (Å²) in [5.74, 6) is -0.543. The first-order valence-electron chi connectivity index (χ1n) is 6.64. The average molecular weight is 293 g/mol. The number of hydrogen-bond acceptors (Lipinski definition) is 6. The molecule has 0 fully saturated rings. The van der Waals surface area contributed by atoms with Crippen LogP contribution in [0.15, 0.2) is 12.4 Å². The number of carbonyl (C=O) groups excluding carboxylic acids is 1. The molecule has 0 bridgehead atoms. The van der Waals surface area contributed by atoms with E-state index in [-0.39, 0.29) is 18.8 Å². The van der Waals surface area contributed by atoms with Crippen molar-refractivity contribution in [2.45, 2.75) is 32.9 Å². The molecule has 21 heavy (non-hydrogen) atoms. The molecule has 2 aromatic heterocycles. The van der Waals surface area contributed by atoms with Gasteiger partial charge >= 0.3 is 5.97 Å². The van der Waals surface area contributed by atoms with Crippen molar-refractivity contribution in [1.82, 2.24) is 24.8 Å². The highest BCUT2D eigenvalue weighted by molar-refractivity contribution is 5.93. The number of aryl methyl sites for hydroxylation is 1. The van der Waals surface area contributed by atoms with E-state index in [9.17, 15) is 9.90 Å². The van der Waals surface area contributed by atoms with Crippen molar-refractivity contribution in [3.8, 4) is 11.3 Å². The van der Waals surface area contributed by atoms with Gasteiger partial charge in [-0.05, 0) is 20.8 Å². The lowest BCUT2D eigenvalue weighted by Crippen LogP contribution is -2.27. The van der Waals surface area contributed by atoms with Crippen LogP contribution < -0.4 is 0 Å². The van der Waals surface area contributed by atoms with Crippen molar-refractivity contribution in [3.05, 3.63) is 18.1 Å². The molecule has 0 saturated heterocycles. The van der Waals surface area contributed by atoms with Gasteiger partial charge in [-0.1, -0.05) is 5.21 Å². The van der Waals surface area contributed by atoms with Gasteiger partial charge in [0.1, 0.15) is 5.69 Å². The summed E-state index contributed by atoms with van der Waals surface area (Å²) in [5, 5.41) is 21.9. The number of hydrogen-bond donors (Lipinski definition) is 1. The van der Waals surface area contributed by atoms with Crippen LogP contribution in [0.25, 0.3) is 11.3 Å². The van der Waals surface area contributed by atoms with Gasteiger partial charge < -0.3 is 9.84 Å². The second-order valence-electron chi connectivity index (χ2n) is 5.38. The van der Waals surface area contributed by atoms with Crippen LogP contribution in [-0.2, 0) is 18.3 Å². The minimum absolute atomic E-state index is 0.120. The topological polar surface area (TPSA) is 95.1 Å². The third-order valence-corrected chi connectivity index (χ3v) is 2.72. The smallest absolute Gasteiger partial charge is 0.361 e. The lowest BCUT2D eigenvalue weighted by molar-refractivity contribution is 0.0517. The van der Waals surface area contributed by atoms with Gasteiger partial charge in [0.15, 0.2) is 5.69 Å². The largest absolute Gasteiger partial charge is 0.461 e. The Morgan fingerprint density at radius 3 is 2.71 bits per heavy atom. The van der Waals surface area contributed by atoms with Crippen LogP contribution in [0.2, 0.25) is 0 Å². The molecule has 0 aromatic carbocycles. The molecule has 0 unspecified atom stereocenters. The highest BCUT2D eigenvalue weighted by atomic mass is 16.5. The number of carbonyl (C=O) groups is 1. The number of aromatic nitrogens is 5. The summed E-state index contributed by atoms with van der Waals surface area (Å²) in [6.45, 7) is 5.49. The average Bonchev–Trinajstić information content (AvgIpc) is 2.93. The minimum Gasteiger partial charge on any atom is -0.461 e. The maximum atomic E-state index is 12.0. The molecule has 2 heterocycles. The van der Waals surface area contributed by atoms with Crippen molar-refractivity contribution in [1.29, 1.82) is 0 Å². The predicted octanol–water partition coefficient (Wildman–Crippen LogP) is 0.626. The Balaban J connectivity index is 2.50. The molecule has 8 heteroatoms. The van der Waals surface area contributed by atoms with Crippen molar-refractivity contribution in [3.63, 3.8) is 0 Å². The molecule has 0 amide bonds. The van der Waals surface area contributed by atoms with Gasteiger partial charge in [0.2, 0.25) is 0 Å². The molecule has 0 radical (unpaired) electrons. The number of rotatable bonds is 5. The van der Waals surface area contributed by atoms with Crippen LogP contribution in [0, 0.1) is 0 Å². The van der Waals surface area contributed by atoms with E-state index in [1.807, 2.05) is 0 Å². The van der Waals surface area contributed by atoms with Crippen molar-refractivity contribution >= 4 is 5.97 Å². The Morgan fingerprint density at radius 1 is 1.48 bits per heavy atom. The molecule has 2 aromatic rings. The summed E-state index contributed by atoms with van der Waals surface area (Å²) in [4.78, 5) is 12.0. The molecule has 2 rings (SSSR count). The molecule has 8 nitrogen and oxygen atoms in total. The molecule has 0 spiro atoms. The van der Waals surface area contributed by atoms with Crippen LogP contribution in [-0.4, -0.2) is 48.1 Å². The van der Waals surface area contributed by atoms with Crippen LogP contribution in [0.4, 0.5) is 0 Å². The fourth-order valence-electron chi connectivity index (χ4n) is 1.96. The zero-order chi connectivity index (χ0) is 15.6. The fourth-order valence-corrected chi connectivity index (χ4v) is 1.96. The van der Waals surface area contributed by atoms with Crippen molar-refractivity contribution in [2.24, 2.45) is 7.05 Å². The lowest BCUT2D eigenvalue weighted by atomic mass is 10.1. The monoisotopic (exact) mass is 293 g/mol. The highest BCUT2D eigenvalue weighted by Gasteiger charge is 2.26. The third-order valence-electron chi connectivity index (χ3n) is 2.72. The molecular weight excluding hydrogens is 274 g/mol. The molecule has 1 N–H and O–H groups in total. The van der Waals surface area contributed by atoms with Gasteiger partial charge in [-0.3, -0.25) is 4.68 Å². The standard InChI is InChI=1S/C13H19N5O3/c1-5-21-12(19)10-11(9-6-14-17(4)7-9)18(16-15-10)8-13(2,3)20/h6-7,20H,5,8H2,1-4H3. The molecule has 0 saturated carbocycles. The molecule has 0 aliphatic heterocycles. The third kappa shape index (κ3) is 3.46. The van der Waals surface area contributed by atoms with E-state index in [1.54, 1.807) is 44.9 Å². The van der Waals surface area contributed by atoms with E-state index in [4.69, 9.17) is 4.74 Å². The quantitative estimate of drug-likeness (QED) is 0.812. The second-order valence-corrected chi connectivity index (χ2v) is 5.38. The Labute approximate surface area is 122 Å². The minimum atomic E-state index is -0.989. The number of esters is 1. The zero-order valence-electron chi connectivity index (χ0n) is 12.6. The molecule has 0 atom stereocenters. The van der Waals surface area contributed by atoms with Gasteiger partial charge in [-0.2, -0.15) is 5.10 Å². The number of aliphatic hydroxyl groups is 1. The van der Waals surface area contributed by atoms with Gasteiger partial charge in [-0.15, -0.1) is 5.10 Å². The fraction of sp³-hybridized carbons (Fsp3) is 0.538. The Morgan fingerprint density at radius 2 is 2.19 bits per heavy atom. The summed E-state index contributed by atoms with van der Waals surface area (Å²) >= 11 is 0. The zero-order valence-corrected chi connectivity index (χ0v) is 12.6. The van der Waals surface area contributed by atoms with E-state index in [1.165, 1.54) is 4.68 Å². The maximum Gasteiger partial charge on any atom is 0.361 e. The molecule has 0 aliphatic carbocycles. The summed E-state index contributed by atoms with van der Waals surface area (Å²) in [5.41, 5.74) is 0.309. The molecule has 0 aliphatic rings. The number of nitrogens with zero attached hydrogens (tertiary/aromatic N) is 5. The Hall–Kier alpha value is -2.22. The van der Waals surface area contributed by atoms with Crippen LogP contribution in [0.1, 0.15) is 31.3 Å². The van der Waals surface area contributed by atoms with E-state index in [0.717, 1.165) is 0 Å². The molecule has 114 valence electrons. The lowest BCUT2D eigenvalue weighted by Gasteiger charge is -2.17. The van der Waals surface area contributed by atoms with Crippen LogP contribution >= 0.6 is 0 Å². The summed E-state index contributed by atoms with van der Waals surface area (Å²) in [6, 6.07) is 0. The van der Waals surface area contributed by atoms with Crippen molar-refractivity contribution in [2.75, 3.05) is 6.61 Å². The first-order chi connectivity index (χ1) is 9.81. The van der Waals surface area contributed by atoms with Crippen molar-refractivity contribution < 1.29 is 14.6 Å². The van der Waals surface area contributed by atoms with E-state index in [0.29, 0.717) is 11.3 Å². The second kappa shape index (κ2) is 5.65. The molecular formula is C13H19N5O3. The Bertz CT molecular complexity index is 639. The first-order valence-corrected chi connectivity index (χ1v) is 6.64. The van der Waals surface area contributed by atoms with Crippen LogP contribution in [0.3, 0.4) is 0 Å². The first kappa shape index (κ1) is 15.2. The van der Waals surface area contributed by atoms with Gasteiger partial charge in [0, 0.05) is 18.8 Å². The summed E-state index contributed by atoms with van der Waals surface area (Å²) < 4.78 is 8.10. The van der Waals surface area contributed by atoms with Gasteiger partial charge in [-0.25, -0.2) is 9.48 Å². The summed E-state index contributed by atoms with van der Waals surface area (Å²) in [6.07, 6.45) is 3.37. The van der Waals surface area contributed by atoms with Gasteiger partial charge in [0.05, 0.1) is 24.9 Å². The van der Waals surface area contributed by atoms with Gasteiger partial charge in [0.25, 0.3) is 0 Å². The predicted molar refractivity (Wildman–Crippen MR) is 74.5 cm³/mol. The SMILES string of the molecule is CCOC(=O)c1nnn(CC(C)(C)O)c1-c1cnn(C)c1. The van der Waals surface area contributed by atoms with Crippen LogP contribution in [0.5, 0.6) is 0 Å². The normalized spacial score (nSPS) is 11.7. The highest BCUT2D eigenvalue weighted by Crippen LogP contribution is 2.23. The number of ether oxygens (including phenoxy) is 1.